The average molecular weight is 662 g/mol. The van der Waals surface area contributed by atoms with E-state index in [1.807, 2.05) is 5.32 Å². The smallest absolute Gasteiger partial charge is 0.257 e. The van der Waals surface area contributed by atoms with Crippen molar-refractivity contribution >= 4 is 104 Å². The van der Waals surface area contributed by atoms with Crippen LogP contribution in [0.5, 0.6) is 0 Å². The van der Waals surface area contributed by atoms with Crippen molar-refractivity contribution in [2.75, 3.05) is 16.0 Å². The lowest BCUT2D eigenvalue weighted by atomic mass is 10.1. The maximum Gasteiger partial charge on any atom is 0.257 e. The first-order chi connectivity index (χ1) is 18.2. The van der Waals surface area contributed by atoms with Crippen molar-refractivity contribution in [1.29, 1.82) is 0 Å². The predicted octanol–water partition coefficient (Wildman–Crippen LogP) is 9.05. The van der Waals surface area contributed by atoms with Gasteiger partial charge in [0.1, 0.15) is 15.8 Å². The molecule has 0 aliphatic heterocycles. The van der Waals surface area contributed by atoms with E-state index in [0.29, 0.717) is 5.56 Å². The van der Waals surface area contributed by atoms with Gasteiger partial charge in [0.15, 0.2) is 5.82 Å². The van der Waals surface area contributed by atoms with E-state index in [0.717, 1.165) is 19.1 Å². The molecular formula is C25H21Cl6F2N3O3. The van der Waals surface area contributed by atoms with Gasteiger partial charge in [0, 0.05) is 22.8 Å². The number of carbonyl (C=O) groups excluding carboxylic acids is 3. The third-order valence-corrected chi connectivity index (χ3v) is 8.29. The molecule has 3 aromatic carbocycles. The summed E-state index contributed by atoms with van der Waals surface area (Å²) in [6.07, 6.45) is 0. The highest BCUT2D eigenvalue weighted by molar-refractivity contribution is 6.54. The highest BCUT2D eigenvalue weighted by atomic mass is 35.5. The minimum Gasteiger partial charge on any atom is -0.326 e. The summed E-state index contributed by atoms with van der Waals surface area (Å²) in [7, 11) is 0. The summed E-state index contributed by atoms with van der Waals surface area (Å²) in [5.41, 5.74) is -0.595. The molecule has 3 aromatic rings. The van der Waals surface area contributed by atoms with Gasteiger partial charge in [-0.05, 0) is 48.0 Å². The molecule has 0 saturated heterocycles. The summed E-state index contributed by atoms with van der Waals surface area (Å²) in [5.74, 6) is -5.91. The van der Waals surface area contributed by atoms with Crippen molar-refractivity contribution in [2.24, 2.45) is 5.92 Å². The molecule has 0 heterocycles. The van der Waals surface area contributed by atoms with Crippen molar-refractivity contribution in [2.45, 2.75) is 17.2 Å². The Bertz CT molecular complexity index is 1530. The number of benzene rings is 3. The van der Waals surface area contributed by atoms with Crippen molar-refractivity contribution in [3.63, 3.8) is 0 Å². The van der Waals surface area contributed by atoms with Crippen LogP contribution in [0.15, 0.2) is 42.5 Å². The summed E-state index contributed by atoms with van der Waals surface area (Å²) in [4.78, 5) is 37.2. The SMILES string of the molecule is CC(=O)Nc1c(F)ccc(NC(=O)c2cc(NC(=O)[C@H]3[C@H](c4cc(Cl)c(Cl)c(Cl)c4)C3(Cl)Cl)ccc2Cl)c1F.[HH].[HH].[HH]. The maximum atomic E-state index is 14.7. The van der Waals surface area contributed by atoms with Crippen molar-refractivity contribution in [1.82, 2.24) is 0 Å². The van der Waals surface area contributed by atoms with Crippen molar-refractivity contribution in [3.8, 4) is 0 Å². The Morgan fingerprint density at radius 1 is 0.872 bits per heavy atom. The lowest BCUT2D eigenvalue weighted by Gasteiger charge is -2.13. The van der Waals surface area contributed by atoms with Crippen molar-refractivity contribution < 1.29 is 27.4 Å². The number of hydrogen-bond acceptors (Lipinski definition) is 3. The van der Waals surface area contributed by atoms with Crippen LogP contribution in [0.2, 0.25) is 20.1 Å². The lowest BCUT2D eigenvalue weighted by molar-refractivity contribution is -0.117. The van der Waals surface area contributed by atoms with Crippen LogP contribution in [0, 0.1) is 17.6 Å². The van der Waals surface area contributed by atoms with Gasteiger partial charge < -0.3 is 16.0 Å². The van der Waals surface area contributed by atoms with Gasteiger partial charge in [0.2, 0.25) is 11.8 Å². The van der Waals surface area contributed by atoms with Gasteiger partial charge in [-0.25, -0.2) is 8.78 Å². The number of nitrogens with one attached hydrogen (secondary N) is 3. The quantitative estimate of drug-likeness (QED) is 0.182. The Morgan fingerprint density at radius 3 is 2.13 bits per heavy atom. The summed E-state index contributed by atoms with van der Waals surface area (Å²) in [6, 6.07) is 8.92. The standard InChI is InChI=1S/C25H15Cl6F2N3O3.3H2/c1-9(37)34-22-16(32)4-5-17(21(22)33)36-23(38)12-8-11(2-3-13(12)26)35-24(39)19-18(25(19,30)31)10-6-14(27)20(29)15(28)7-10;;;/h2-8,18-19H,1H3,(H,34,37)(H,35,39)(H,36,38);3*1H/t18-,19+;;;/m0.../s1. The van der Waals surface area contributed by atoms with Crippen LogP contribution in [-0.4, -0.2) is 22.1 Å². The Labute approximate surface area is 255 Å². The molecule has 39 heavy (non-hydrogen) atoms. The van der Waals surface area contributed by atoms with E-state index in [4.69, 9.17) is 69.6 Å². The van der Waals surface area contributed by atoms with Gasteiger partial charge in [0.05, 0.1) is 37.3 Å². The first-order valence-electron chi connectivity index (χ1n) is 10.9. The second-order valence-electron chi connectivity index (χ2n) is 8.53. The third kappa shape index (κ3) is 6.06. The van der Waals surface area contributed by atoms with Gasteiger partial charge in [-0.3, -0.25) is 14.4 Å². The van der Waals surface area contributed by atoms with E-state index >= 15 is 0 Å². The molecule has 14 heteroatoms. The Morgan fingerprint density at radius 2 is 1.51 bits per heavy atom. The number of amides is 3. The van der Waals surface area contributed by atoms with Crippen molar-refractivity contribution in [3.05, 3.63) is 85.3 Å². The highest BCUT2D eigenvalue weighted by Gasteiger charge is 2.67. The van der Waals surface area contributed by atoms with E-state index in [-0.39, 0.29) is 35.6 Å². The van der Waals surface area contributed by atoms with Crippen LogP contribution >= 0.6 is 69.6 Å². The van der Waals surface area contributed by atoms with Crippen LogP contribution in [-0.2, 0) is 9.59 Å². The van der Waals surface area contributed by atoms with Gasteiger partial charge in [-0.1, -0.05) is 46.4 Å². The fourth-order valence-corrected chi connectivity index (χ4v) is 5.59. The third-order valence-electron chi connectivity index (χ3n) is 5.82. The zero-order valence-corrected chi connectivity index (χ0v) is 24.0. The first-order valence-corrected chi connectivity index (χ1v) is 13.2. The second-order valence-corrected chi connectivity index (χ2v) is 11.6. The van der Waals surface area contributed by atoms with Crippen LogP contribution in [0.3, 0.4) is 0 Å². The molecule has 0 spiro atoms. The van der Waals surface area contributed by atoms with Crippen LogP contribution < -0.4 is 16.0 Å². The topological polar surface area (TPSA) is 87.3 Å². The minimum absolute atomic E-state index is 0. The summed E-state index contributed by atoms with van der Waals surface area (Å²) in [6.45, 7) is 1.08. The molecule has 0 radical (unpaired) electrons. The van der Waals surface area contributed by atoms with Gasteiger partial charge in [-0.15, -0.1) is 23.2 Å². The maximum absolute atomic E-state index is 14.7. The monoisotopic (exact) mass is 659 g/mol. The van der Waals surface area contributed by atoms with Crippen LogP contribution in [0.4, 0.5) is 25.8 Å². The molecule has 1 aliphatic carbocycles. The number of hydrogen-bond donors (Lipinski definition) is 3. The second kappa shape index (κ2) is 11.3. The molecule has 0 aromatic heterocycles. The average Bonchev–Trinajstić information content (AvgIpc) is 3.44. The molecular weight excluding hydrogens is 641 g/mol. The predicted molar refractivity (Wildman–Crippen MR) is 157 cm³/mol. The Balaban J connectivity index is 0.00000294. The summed E-state index contributed by atoms with van der Waals surface area (Å²) in [5, 5.41) is 7.40. The first kappa shape index (κ1) is 29.6. The molecule has 0 bridgehead atoms. The van der Waals surface area contributed by atoms with E-state index in [2.05, 4.69) is 10.6 Å². The molecule has 6 nitrogen and oxygen atoms in total. The largest absolute Gasteiger partial charge is 0.326 e. The van der Waals surface area contributed by atoms with E-state index in [9.17, 15) is 23.2 Å². The number of halogens is 8. The molecule has 1 saturated carbocycles. The minimum atomic E-state index is -1.47. The zero-order valence-electron chi connectivity index (χ0n) is 19.4. The normalized spacial score (nSPS) is 17.4. The zero-order chi connectivity index (χ0) is 28.8. The summed E-state index contributed by atoms with van der Waals surface area (Å²) >= 11 is 37.1. The Kier molecular flexibility index (Phi) is 8.57. The van der Waals surface area contributed by atoms with E-state index in [1.165, 1.54) is 30.3 Å². The van der Waals surface area contributed by atoms with Gasteiger partial charge in [0.25, 0.3) is 5.91 Å². The molecule has 3 amide bonds. The van der Waals surface area contributed by atoms with Crippen LogP contribution in [0.1, 0.15) is 33.0 Å². The fraction of sp³-hybridized carbons (Fsp3) is 0.160. The van der Waals surface area contributed by atoms with E-state index < -0.39 is 56.9 Å². The van der Waals surface area contributed by atoms with Gasteiger partial charge in [-0.2, -0.15) is 0 Å². The van der Waals surface area contributed by atoms with Gasteiger partial charge >= 0.3 is 0 Å². The fourth-order valence-electron chi connectivity index (χ4n) is 3.95. The lowest BCUT2D eigenvalue weighted by Crippen LogP contribution is -2.19. The molecule has 1 fully saturated rings. The molecule has 3 N–H and O–H groups in total. The summed E-state index contributed by atoms with van der Waals surface area (Å²) < 4.78 is 27.2. The van der Waals surface area contributed by atoms with E-state index in [1.54, 1.807) is 0 Å². The van der Waals surface area contributed by atoms with Crippen LogP contribution in [0.25, 0.3) is 0 Å². The number of anilines is 3. The number of alkyl halides is 2. The molecule has 1 aliphatic rings. The number of carbonyl (C=O) groups is 3. The molecule has 0 unspecified atom stereocenters. The Hall–Kier alpha value is -2.33. The molecule has 210 valence electrons. The highest BCUT2D eigenvalue weighted by Crippen LogP contribution is 2.65. The number of rotatable bonds is 6. The molecule has 2 atom stereocenters. The molecule has 4 rings (SSSR count).